The Morgan fingerprint density at radius 1 is 1.25 bits per heavy atom. The molecule has 1 fully saturated rings. The van der Waals surface area contributed by atoms with Crippen LogP contribution in [0.4, 0.5) is 0 Å². The van der Waals surface area contributed by atoms with Crippen LogP contribution < -0.4 is 0 Å². The fraction of sp³-hybridized carbons (Fsp3) is 0.500. The summed E-state index contributed by atoms with van der Waals surface area (Å²) in [6.45, 7) is 0. The minimum atomic E-state index is -0.654. The summed E-state index contributed by atoms with van der Waals surface area (Å²) < 4.78 is 0. The summed E-state index contributed by atoms with van der Waals surface area (Å²) in [6, 6.07) is 10.5. The molecule has 2 atom stereocenters. The van der Waals surface area contributed by atoms with Gasteiger partial charge in [-0.25, -0.2) is 0 Å². The van der Waals surface area contributed by atoms with Gasteiger partial charge in [0.15, 0.2) is 0 Å². The number of benzene rings is 1. The summed E-state index contributed by atoms with van der Waals surface area (Å²) in [5.41, 5.74) is 1.37. The molecule has 0 aliphatic heterocycles. The van der Waals surface area contributed by atoms with Crippen LogP contribution in [0.2, 0.25) is 0 Å². The molecular weight excluding hydrogens is 200 g/mol. The Morgan fingerprint density at radius 3 is 2.69 bits per heavy atom. The van der Waals surface area contributed by atoms with E-state index < -0.39 is 5.97 Å². The van der Waals surface area contributed by atoms with E-state index in [9.17, 15) is 4.79 Å². The van der Waals surface area contributed by atoms with E-state index in [0.29, 0.717) is 18.3 Å². The molecule has 1 aromatic rings. The predicted molar refractivity (Wildman–Crippen MR) is 63.4 cm³/mol. The van der Waals surface area contributed by atoms with Gasteiger partial charge in [0, 0.05) is 6.42 Å². The molecule has 0 radical (unpaired) electrons. The molecule has 86 valence electrons. The first-order chi connectivity index (χ1) is 7.75. The molecule has 16 heavy (non-hydrogen) atoms. The number of carboxylic acid groups (broad SMARTS) is 1. The molecule has 1 aliphatic carbocycles. The number of hydrogen-bond donors (Lipinski definition) is 1. The quantitative estimate of drug-likeness (QED) is 0.843. The van der Waals surface area contributed by atoms with Gasteiger partial charge in [0.05, 0.1) is 0 Å². The summed E-state index contributed by atoms with van der Waals surface area (Å²) in [5, 5.41) is 8.82. The standard InChI is InChI=1S/C14H18O2/c15-14(16)10-11-5-4-8-13(9-11)12-6-2-1-3-7-12/h1-3,6-7,11,13H,4-5,8-10H2,(H,15,16). The molecule has 2 heteroatoms. The maximum atomic E-state index is 10.7. The predicted octanol–water partition coefficient (Wildman–Crippen LogP) is 3.44. The van der Waals surface area contributed by atoms with Crippen molar-refractivity contribution in [3.63, 3.8) is 0 Å². The van der Waals surface area contributed by atoms with E-state index in [1.54, 1.807) is 0 Å². The van der Waals surface area contributed by atoms with Gasteiger partial charge in [-0.3, -0.25) is 4.79 Å². The van der Waals surface area contributed by atoms with Crippen LogP contribution >= 0.6 is 0 Å². The maximum absolute atomic E-state index is 10.7. The zero-order valence-corrected chi connectivity index (χ0v) is 9.43. The Labute approximate surface area is 96.3 Å². The summed E-state index contributed by atoms with van der Waals surface area (Å²) in [4.78, 5) is 10.7. The van der Waals surface area contributed by atoms with Crippen molar-refractivity contribution in [3.8, 4) is 0 Å². The van der Waals surface area contributed by atoms with Crippen molar-refractivity contribution in [2.24, 2.45) is 5.92 Å². The number of aliphatic carboxylic acids is 1. The molecule has 0 spiro atoms. The number of carbonyl (C=O) groups is 1. The molecule has 0 aromatic heterocycles. The first-order valence-corrected chi connectivity index (χ1v) is 6.02. The van der Waals surface area contributed by atoms with Crippen molar-refractivity contribution in [1.82, 2.24) is 0 Å². The normalized spacial score (nSPS) is 25.2. The van der Waals surface area contributed by atoms with E-state index in [4.69, 9.17) is 5.11 Å². The first-order valence-electron chi connectivity index (χ1n) is 6.02. The fourth-order valence-electron chi connectivity index (χ4n) is 2.75. The number of carboxylic acids is 1. The molecule has 2 rings (SSSR count). The smallest absolute Gasteiger partial charge is 0.303 e. The van der Waals surface area contributed by atoms with Gasteiger partial charge in [-0.15, -0.1) is 0 Å². The van der Waals surface area contributed by atoms with Crippen LogP contribution in [0.5, 0.6) is 0 Å². The second-order valence-electron chi connectivity index (χ2n) is 4.74. The number of rotatable bonds is 3. The average Bonchev–Trinajstić information content (AvgIpc) is 2.30. The van der Waals surface area contributed by atoms with E-state index in [0.717, 1.165) is 19.3 Å². The lowest BCUT2D eigenvalue weighted by Crippen LogP contribution is -2.17. The zero-order valence-electron chi connectivity index (χ0n) is 9.43. The lowest BCUT2D eigenvalue weighted by Gasteiger charge is -2.28. The zero-order chi connectivity index (χ0) is 11.4. The van der Waals surface area contributed by atoms with Crippen LogP contribution in [-0.2, 0) is 4.79 Å². The fourth-order valence-corrected chi connectivity index (χ4v) is 2.75. The molecule has 2 nitrogen and oxygen atoms in total. The molecule has 0 amide bonds. The van der Waals surface area contributed by atoms with Crippen LogP contribution in [0.25, 0.3) is 0 Å². The van der Waals surface area contributed by atoms with Gasteiger partial charge >= 0.3 is 5.97 Å². The Balaban J connectivity index is 1.99. The van der Waals surface area contributed by atoms with E-state index in [1.165, 1.54) is 12.0 Å². The van der Waals surface area contributed by atoms with Gasteiger partial charge in [-0.1, -0.05) is 36.8 Å². The van der Waals surface area contributed by atoms with Gasteiger partial charge < -0.3 is 5.11 Å². The highest BCUT2D eigenvalue weighted by atomic mass is 16.4. The second-order valence-corrected chi connectivity index (χ2v) is 4.74. The Hall–Kier alpha value is -1.31. The summed E-state index contributed by atoms with van der Waals surface area (Å²) in [6.07, 6.45) is 4.83. The molecule has 1 saturated carbocycles. The summed E-state index contributed by atoms with van der Waals surface area (Å²) >= 11 is 0. The van der Waals surface area contributed by atoms with Crippen molar-refractivity contribution in [3.05, 3.63) is 35.9 Å². The van der Waals surface area contributed by atoms with Crippen LogP contribution in [0.15, 0.2) is 30.3 Å². The third-order valence-electron chi connectivity index (χ3n) is 3.52. The van der Waals surface area contributed by atoms with Crippen molar-refractivity contribution in [2.45, 2.75) is 38.0 Å². The van der Waals surface area contributed by atoms with E-state index >= 15 is 0 Å². The Morgan fingerprint density at radius 2 is 2.00 bits per heavy atom. The Bertz CT molecular complexity index is 345. The number of hydrogen-bond acceptors (Lipinski definition) is 1. The molecular formula is C14H18O2. The summed E-state index contributed by atoms with van der Waals surface area (Å²) in [5.74, 6) is 0.287. The topological polar surface area (TPSA) is 37.3 Å². The van der Waals surface area contributed by atoms with Gasteiger partial charge in [0.2, 0.25) is 0 Å². The maximum Gasteiger partial charge on any atom is 0.303 e. The van der Waals surface area contributed by atoms with Gasteiger partial charge in [0.1, 0.15) is 0 Å². The largest absolute Gasteiger partial charge is 0.481 e. The van der Waals surface area contributed by atoms with E-state index in [2.05, 4.69) is 24.3 Å². The lowest BCUT2D eigenvalue weighted by atomic mass is 9.77. The van der Waals surface area contributed by atoms with Crippen molar-refractivity contribution < 1.29 is 9.90 Å². The third kappa shape index (κ3) is 2.84. The highest BCUT2D eigenvalue weighted by molar-refractivity contribution is 5.67. The molecule has 0 bridgehead atoms. The second kappa shape index (κ2) is 5.15. The van der Waals surface area contributed by atoms with E-state index in [-0.39, 0.29) is 0 Å². The highest BCUT2D eigenvalue weighted by Gasteiger charge is 2.24. The Kier molecular flexibility index (Phi) is 3.60. The lowest BCUT2D eigenvalue weighted by molar-refractivity contribution is -0.138. The van der Waals surface area contributed by atoms with Crippen molar-refractivity contribution >= 4 is 5.97 Å². The van der Waals surface area contributed by atoms with Crippen LogP contribution in [0, 0.1) is 5.92 Å². The SMILES string of the molecule is O=C(O)CC1CCCC(c2ccccc2)C1. The monoisotopic (exact) mass is 218 g/mol. The summed E-state index contributed by atoms with van der Waals surface area (Å²) in [7, 11) is 0. The van der Waals surface area contributed by atoms with E-state index in [1.807, 2.05) is 6.07 Å². The van der Waals surface area contributed by atoms with Gasteiger partial charge in [0.25, 0.3) is 0 Å². The molecule has 1 aliphatic rings. The minimum absolute atomic E-state index is 0.337. The molecule has 0 heterocycles. The van der Waals surface area contributed by atoms with Crippen LogP contribution in [-0.4, -0.2) is 11.1 Å². The van der Waals surface area contributed by atoms with Crippen molar-refractivity contribution in [2.75, 3.05) is 0 Å². The molecule has 0 saturated heterocycles. The first kappa shape index (κ1) is 11.2. The molecule has 1 N–H and O–H groups in total. The average molecular weight is 218 g/mol. The third-order valence-corrected chi connectivity index (χ3v) is 3.52. The minimum Gasteiger partial charge on any atom is -0.481 e. The van der Waals surface area contributed by atoms with Gasteiger partial charge in [-0.2, -0.15) is 0 Å². The molecule has 1 aromatic carbocycles. The highest BCUT2D eigenvalue weighted by Crippen LogP contribution is 2.37. The van der Waals surface area contributed by atoms with Crippen LogP contribution in [0.1, 0.15) is 43.6 Å². The van der Waals surface area contributed by atoms with Crippen LogP contribution in [0.3, 0.4) is 0 Å². The molecule has 2 unspecified atom stereocenters. The van der Waals surface area contributed by atoms with Crippen molar-refractivity contribution in [1.29, 1.82) is 0 Å². The van der Waals surface area contributed by atoms with Gasteiger partial charge in [-0.05, 0) is 36.7 Å².